The number of pyridine rings is 1. The predicted octanol–water partition coefficient (Wildman–Crippen LogP) is 2.31. The average Bonchev–Trinajstić information content (AvgIpc) is 2.35. The summed E-state index contributed by atoms with van der Waals surface area (Å²) in [6.45, 7) is 2.77. The van der Waals surface area contributed by atoms with Crippen molar-refractivity contribution in [2.45, 2.75) is 13.3 Å². The molecule has 2 aromatic rings. The molecule has 0 atom stereocenters. The highest BCUT2D eigenvalue weighted by Crippen LogP contribution is 2.25. The minimum Gasteiger partial charge on any atom is -0.491 e. The van der Waals surface area contributed by atoms with E-state index in [0.717, 1.165) is 23.1 Å². The Kier molecular flexibility index (Phi) is 3.22. The van der Waals surface area contributed by atoms with Gasteiger partial charge in [-0.15, -0.1) is 0 Å². The van der Waals surface area contributed by atoms with E-state index in [4.69, 9.17) is 10.6 Å². The molecule has 0 aliphatic heterocycles. The lowest BCUT2D eigenvalue weighted by Crippen LogP contribution is -2.08. The minimum absolute atomic E-state index is 0.639. The first kappa shape index (κ1) is 10.7. The molecule has 4 nitrogen and oxygen atoms in total. The monoisotopic (exact) mass is 217 g/mol. The highest BCUT2D eigenvalue weighted by Gasteiger charge is 2.03. The normalized spacial score (nSPS) is 10.4. The number of nitrogen functional groups attached to an aromatic ring is 1. The minimum atomic E-state index is 0.639. The van der Waals surface area contributed by atoms with Crippen LogP contribution in [0.2, 0.25) is 0 Å². The Morgan fingerprint density at radius 3 is 2.94 bits per heavy atom. The van der Waals surface area contributed by atoms with Crippen LogP contribution >= 0.6 is 0 Å². The van der Waals surface area contributed by atoms with Crippen LogP contribution < -0.4 is 16.0 Å². The quantitative estimate of drug-likeness (QED) is 0.609. The Morgan fingerprint density at radius 2 is 2.19 bits per heavy atom. The third kappa shape index (κ3) is 2.06. The van der Waals surface area contributed by atoms with Gasteiger partial charge in [0.25, 0.3) is 0 Å². The van der Waals surface area contributed by atoms with Gasteiger partial charge in [-0.05, 0) is 24.6 Å². The first-order chi connectivity index (χ1) is 7.85. The van der Waals surface area contributed by atoms with Gasteiger partial charge in [-0.1, -0.05) is 19.1 Å². The van der Waals surface area contributed by atoms with Gasteiger partial charge in [0.15, 0.2) is 0 Å². The Hall–Kier alpha value is -1.81. The Bertz CT molecular complexity index is 485. The number of nitrogens with one attached hydrogen (secondary N) is 1. The number of hydrogen-bond acceptors (Lipinski definition) is 4. The summed E-state index contributed by atoms with van der Waals surface area (Å²) >= 11 is 0. The topological polar surface area (TPSA) is 60.2 Å². The SMILES string of the molecule is CCCOc1cccc2ccc(NN)nc12. The third-order valence-electron chi connectivity index (χ3n) is 2.29. The smallest absolute Gasteiger partial charge is 0.145 e. The van der Waals surface area contributed by atoms with Crippen molar-refractivity contribution in [3.05, 3.63) is 30.3 Å². The number of hydrazine groups is 1. The Labute approximate surface area is 94.4 Å². The van der Waals surface area contributed by atoms with E-state index in [-0.39, 0.29) is 0 Å². The second-order valence-corrected chi connectivity index (χ2v) is 3.52. The van der Waals surface area contributed by atoms with E-state index in [0.29, 0.717) is 12.4 Å². The maximum absolute atomic E-state index is 5.64. The van der Waals surface area contributed by atoms with Crippen molar-refractivity contribution < 1.29 is 4.74 Å². The number of hydrogen-bond donors (Lipinski definition) is 2. The van der Waals surface area contributed by atoms with Crippen LogP contribution in [-0.4, -0.2) is 11.6 Å². The number of nitrogens with two attached hydrogens (primary N) is 1. The number of ether oxygens (including phenoxy) is 1. The summed E-state index contributed by atoms with van der Waals surface area (Å²) in [5, 5.41) is 1.05. The molecule has 0 bridgehead atoms. The highest BCUT2D eigenvalue weighted by molar-refractivity contribution is 5.85. The van der Waals surface area contributed by atoms with Crippen molar-refractivity contribution in [2.24, 2.45) is 5.84 Å². The van der Waals surface area contributed by atoms with Crippen LogP contribution in [0.1, 0.15) is 13.3 Å². The fourth-order valence-electron chi connectivity index (χ4n) is 1.53. The van der Waals surface area contributed by atoms with Crippen LogP contribution in [0.4, 0.5) is 5.82 Å². The summed E-state index contributed by atoms with van der Waals surface area (Å²) < 4.78 is 5.64. The lowest BCUT2D eigenvalue weighted by atomic mass is 10.2. The molecule has 2 rings (SSSR count). The van der Waals surface area contributed by atoms with E-state index in [1.807, 2.05) is 30.3 Å². The average molecular weight is 217 g/mol. The molecule has 0 fully saturated rings. The van der Waals surface area contributed by atoms with Crippen molar-refractivity contribution in [3.8, 4) is 5.75 Å². The zero-order valence-corrected chi connectivity index (χ0v) is 9.23. The lowest BCUT2D eigenvalue weighted by Gasteiger charge is -2.08. The van der Waals surface area contributed by atoms with Gasteiger partial charge >= 0.3 is 0 Å². The van der Waals surface area contributed by atoms with E-state index < -0.39 is 0 Å². The molecule has 4 heteroatoms. The first-order valence-electron chi connectivity index (χ1n) is 5.34. The molecule has 0 amide bonds. The number of fused-ring (bicyclic) bond motifs is 1. The molecule has 16 heavy (non-hydrogen) atoms. The fraction of sp³-hybridized carbons (Fsp3) is 0.250. The molecule has 84 valence electrons. The van der Waals surface area contributed by atoms with Gasteiger partial charge in [-0.3, -0.25) is 0 Å². The molecule has 0 radical (unpaired) electrons. The fourth-order valence-corrected chi connectivity index (χ4v) is 1.53. The van der Waals surface area contributed by atoms with Crippen LogP contribution in [0.25, 0.3) is 10.9 Å². The second-order valence-electron chi connectivity index (χ2n) is 3.52. The van der Waals surface area contributed by atoms with Gasteiger partial charge in [0, 0.05) is 5.39 Å². The standard InChI is InChI=1S/C12H15N3O/c1-2-8-16-10-5-3-4-9-6-7-11(15-13)14-12(9)10/h3-7H,2,8,13H2,1H3,(H,14,15). The van der Waals surface area contributed by atoms with Crippen molar-refractivity contribution in [1.29, 1.82) is 0 Å². The van der Waals surface area contributed by atoms with Crippen LogP contribution in [0.5, 0.6) is 5.75 Å². The molecule has 0 saturated carbocycles. The molecule has 1 aromatic heterocycles. The third-order valence-corrected chi connectivity index (χ3v) is 2.29. The van der Waals surface area contributed by atoms with Crippen molar-refractivity contribution in [2.75, 3.05) is 12.0 Å². The predicted molar refractivity (Wildman–Crippen MR) is 65.3 cm³/mol. The molecular weight excluding hydrogens is 202 g/mol. The van der Waals surface area contributed by atoms with E-state index >= 15 is 0 Å². The van der Waals surface area contributed by atoms with Crippen LogP contribution in [0.15, 0.2) is 30.3 Å². The summed E-state index contributed by atoms with van der Waals surface area (Å²) in [7, 11) is 0. The van der Waals surface area contributed by atoms with Crippen molar-refractivity contribution in [3.63, 3.8) is 0 Å². The van der Waals surface area contributed by atoms with Crippen molar-refractivity contribution >= 4 is 16.7 Å². The molecule has 0 aliphatic carbocycles. The molecular formula is C12H15N3O. The molecule has 0 spiro atoms. The van der Waals surface area contributed by atoms with Gasteiger partial charge < -0.3 is 10.2 Å². The van der Waals surface area contributed by atoms with E-state index in [9.17, 15) is 0 Å². The molecule has 1 aromatic carbocycles. The number of nitrogens with zero attached hydrogens (tertiary/aromatic N) is 1. The number of para-hydroxylation sites is 1. The maximum atomic E-state index is 5.64. The highest BCUT2D eigenvalue weighted by atomic mass is 16.5. The molecule has 3 N–H and O–H groups in total. The van der Waals surface area contributed by atoms with Crippen LogP contribution in [0, 0.1) is 0 Å². The number of rotatable bonds is 4. The molecule has 0 aliphatic rings. The number of anilines is 1. The maximum Gasteiger partial charge on any atom is 0.145 e. The summed E-state index contributed by atoms with van der Waals surface area (Å²) in [6, 6.07) is 9.69. The number of aromatic nitrogens is 1. The lowest BCUT2D eigenvalue weighted by molar-refractivity contribution is 0.320. The zero-order valence-electron chi connectivity index (χ0n) is 9.23. The van der Waals surface area contributed by atoms with E-state index in [1.165, 1.54) is 0 Å². The van der Waals surface area contributed by atoms with Gasteiger partial charge in [0.1, 0.15) is 17.1 Å². The second kappa shape index (κ2) is 4.81. The molecule has 1 heterocycles. The Morgan fingerprint density at radius 1 is 1.31 bits per heavy atom. The summed E-state index contributed by atoms with van der Waals surface area (Å²) in [5.41, 5.74) is 3.38. The van der Waals surface area contributed by atoms with Crippen LogP contribution in [0.3, 0.4) is 0 Å². The summed E-state index contributed by atoms with van der Waals surface area (Å²) in [6.07, 6.45) is 0.977. The van der Waals surface area contributed by atoms with E-state index in [2.05, 4.69) is 17.3 Å². The van der Waals surface area contributed by atoms with Crippen LogP contribution in [-0.2, 0) is 0 Å². The largest absolute Gasteiger partial charge is 0.491 e. The van der Waals surface area contributed by atoms with Gasteiger partial charge in [0.05, 0.1) is 6.61 Å². The zero-order chi connectivity index (χ0) is 11.4. The Balaban J connectivity index is 2.46. The molecule has 0 saturated heterocycles. The summed E-state index contributed by atoms with van der Waals surface area (Å²) in [4.78, 5) is 4.39. The van der Waals surface area contributed by atoms with Gasteiger partial charge in [-0.25, -0.2) is 10.8 Å². The number of benzene rings is 1. The first-order valence-corrected chi connectivity index (χ1v) is 5.34. The van der Waals surface area contributed by atoms with Gasteiger partial charge in [0.2, 0.25) is 0 Å². The van der Waals surface area contributed by atoms with Crippen molar-refractivity contribution in [1.82, 2.24) is 4.98 Å². The van der Waals surface area contributed by atoms with Gasteiger partial charge in [-0.2, -0.15) is 0 Å². The van der Waals surface area contributed by atoms with E-state index in [1.54, 1.807) is 0 Å². The summed E-state index contributed by atoms with van der Waals surface area (Å²) in [5.74, 6) is 6.78. The molecule has 0 unspecified atom stereocenters.